The quantitative estimate of drug-likeness (QED) is 0.266. The van der Waals surface area contributed by atoms with Crippen LogP contribution in [0.5, 0.6) is 0 Å². The highest BCUT2D eigenvalue weighted by Crippen LogP contribution is 2.38. The molecule has 0 heterocycles. The van der Waals surface area contributed by atoms with Crippen LogP contribution >= 0.6 is 0 Å². The molecule has 1 nitrogen and oxygen atoms in total. The van der Waals surface area contributed by atoms with Crippen molar-refractivity contribution in [2.75, 3.05) is 0 Å². The average molecular weight is 525 g/mol. The second-order valence-electron chi connectivity index (χ2n) is 11.4. The highest BCUT2D eigenvalue weighted by atomic mass is 19.3. The first-order valence-electron chi connectivity index (χ1n) is 14.5. The van der Waals surface area contributed by atoms with Gasteiger partial charge in [-0.2, -0.15) is 8.78 Å². The van der Waals surface area contributed by atoms with E-state index in [1.165, 1.54) is 43.7 Å². The van der Waals surface area contributed by atoms with Crippen molar-refractivity contribution in [3.8, 4) is 0 Å². The normalized spacial score (nSPS) is 24.5. The molecule has 0 bridgehead atoms. The van der Waals surface area contributed by atoms with E-state index in [-0.39, 0.29) is 5.56 Å². The van der Waals surface area contributed by atoms with Gasteiger partial charge >= 0.3 is 6.11 Å². The Kier molecular flexibility index (Phi) is 10.3. The summed E-state index contributed by atoms with van der Waals surface area (Å²) in [5.74, 6) is 1.71. The van der Waals surface area contributed by atoms with Gasteiger partial charge in [-0.1, -0.05) is 54.6 Å². The molecule has 0 unspecified atom stereocenters. The predicted octanol–water partition coefficient (Wildman–Crippen LogP) is 10.3. The SMILES string of the molecule is C=CC1CCC(c2ccc(COC(F)(F)Cc3ccc(C4CCC(CC/C=C/C)CC4)cc3)c(F)c2)CC1. The van der Waals surface area contributed by atoms with Crippen LogP contribution in [0.3, 0.4) is 0 Å². The number of alkyl halides is 2. The maximum atomic E-state index is 14.7. The molecule has 2 aliphatic carbocycles. The van der Waals surface area contributed by atoms with E-state index >= 15 is 0 Å². The molecule has 0 spiro atoms. The molecule has 0 radical (unpaired) electrons. The summed E-state index contributed by atoms with van der Waals surface area (Å²) in [6.45, 7) is 5.49. The highest BCUT2D eigenvalue weighted by molar-refractivity contribution is 5.28. The van der Waals surface area contributed by atoms with Gasteiger partial charge in [0.1, 0.15) is 5.82 Å². The molecule has 206 valence electrons. The lowest BCUT2D eigenvalue weighted by Gasteiger charge is -2.28. The van der Waals surface area contributed by atoms with Gasteiger partial charge in [0.2, 0.25) is 0 Å². The third-order valence-corrected chi connectivity index (χ3v) is 8.78. The largest absolute Gasteiger partial charge is 0.360 e. The Morgan fingerprint density at radius 2 is 1.53 bits per heavy atom. The molecule has 2 aliphatic rings. The number of benzene rings is 2. The highest BCUT2D eigenvalue weighted by Gasteiger charge is 2.31. The number of rotatable bonds is 11. The standard InChI is InChI=1S/C34H43F3O/c1-3-5-6-7-26-10-16-28(17-11-26)29-18-12-27(13-19-29)23-34(36,37)38-24-32-21-20-31(22-33(32)35)30-14-8-25(4-2)9-15-30/h3-5,12-13,18-22,25-26,28,30H,2,6-11,14-17,23-24H2,1H3/b5-3+. The molecule has 0 saturated heterocycles. The molecular weight excluding hydrogens is 481 g/mol. The minimum Gasteiger partial charge on any atom is -0.315 e. The Bertz CT molecular complexity index is 1040. The molecule has 0 atom stereocenters. The Hall–Kier alpha value is -2.33. The maximum Gasteiger partial charge on any atom is 0.360 e. The van der Waals surface area contributed by atoms with Gasteiger partial charge in [-0.3, -0.25) is 0 Å². The van der Waals surface area contributed by atoms with Crippen molar-refractivity contribution < 1.29 is 17.9 Å². The number of ether oxygens (including phenoxy) is 1. The topological polar surface area (TPSA) is 9.23 Å². The third-order valence-electron chi connectivity index (χ3n) is 8.78. The van der Waals surface area contributed by atoms with Crippen LogP contribution in [-0.4, -0.2) is 6.11 Å². The van der Waals surface area contributed by atoms with Gasteiger partial charge in [-0.15, -0.1) is 6.58 Å². The van der Waals surface area contributed by atoms with Crippen molar-refractivity contribution >= 4 is 0 Å². The fourth-order valence-corrected chi connectivity index (χ4v) is 6.29. The first kappa shape index (κ1) is 28.7. The molecule has 0 aliphatic heterocycles. The summed E-state index contributed by atoms with van der Waals surface area (Å²) in [4.78, 5) is 0. The zero-order valence-corrected chi connectivity index (χ0v) is 22.8. The van der Waals surface area contributed by atoms with Gasteiger partial charge in [0.15, 0.2) is 0 Å². The average Bonchev–Trinajstić information content (AvgIpc) is 2.93. The van der Waals surface area contributed by atoms with Crippen molar-refractivity contribution in [3.63, 3.8) is 0 Å². The molecule has 4 heteroatoms. The molecule has 0 aromatic heterocycles. The summed E-state index contributed by atoms with van der Waals surface area (Å²) >= 11 is 0. The fraction of sp³-hybridized carbons (Fsp3) is 0.529. The minimum absolute atomic E-state index is 0.171. The van der Waals surface area contributed by atoms with Gasteiger partial charge in [-0.05, 0) is 118 Å². The van der Waals surface area contributed by atoms with Crippen molar-refractivity contribution in [1.29, 1.82) is 0 Å². The van der Waals surface area contributed by atoms with Crippen LogP contribution in [0.2, 0.25) is 0 Å². The van der Waals surface area contributed by atoms with Crippen LogP contribution in [0.1, 0.15) is 105 Å². The van der Waals surface area contributed by atoms with E-state index < -0.39 is 25.0 Å². The zero-order valence-electron chi connectivity index (χ0n) is 22.8. The monoisotopic (exact) mass is 524 g/mol. The van der Waals surface area contributed by atoms with E-state index in [4.69, 9.17) is 4.74 Å². The third kappa shape index (κ3) is 8.09. The Morgan fingerprint density at radius 3 is 2.16 bits per heavy atom. The zero-order chi connectivity index (χ0) is 27.0. The van der Waals surface area contributed by atoms with Gasteiger partial charge in [0.05, 0.1) is 13.0 Å². The first-order valence-corrected chi connectivity index (χ1v) is 14.5. The Labute approximate surface area is 227 Å². The minimum atomic E-state index is -3.36. The molecule has 2 aromatic carbocycles. The van der Waals surface area contributed by atoms with E-state index in [0.717, 1.165) is 43.6 Å². The summed E-state index contributed by atoms with van der Waals surface area (Å²) in [7, 11) is 0. The number of hydrogen-bond acceptors (Lipinski definition) is 1. The molecule has 0 amide bonds. The van der Waals surface area contributed by atoms with E-state index in [1.807, 2.05) is 24.3 Å². The van der Waals surface area contributed by atoms with Gasteiger partial charge in [0.25, 0.3) is 0 Å². The number of allylic oxidation sites excluding steroid dienone is 3. The smallest absolute Gasteiger partial charge is 0.315 e. The summed E-state index contributed by atoms with van der Waals surface area (Å²) in [5.41, 5.74) is 2.89. The lowest BCUT2D eigenvalue weighted by atomic mass is 9.77. The van der Waals surface area contributed by atoms with Crippen LogP contribution < -0.4 is 0 Å². The molecule has 38 heavy (non-hydrogen) atoms. The number of halogens is 3. The second-order valence-corrected chi connectivity index (χ2v) is 11.4. The summed E-state index contributed by atoms with van der Waals surface area (Å²) < 4.78 is 48.9. The van der Waals surface area contributed by atoms with Crippen molar-refractivity contribution in [3.05, 3.63) is 95.3 Å². The van der Waals surface area contributed by atoms with Gasteiger partial charge in [-0.25, -0.2) is 4.39 Å². The molecule has 2 aromatic rings. The van der Waals surface area contributed by atoms with E-state index in [0.29, 0.717) is 23.3 Å². The summed E-state index contributed by atoms with van der Waals surface area (Å²) in [6, 6.07) is 12.6. The van der Waals surface area contributed by atoms with E-state index in [9.17, 15) is 13.2 Å². The molecular formula is C34H43F3O. The van der Waals surface area contributed by atoms with Gasteiger partial charge in [0, 0.05) is 5.56 Å². The Balaban J connectivity index is 1.25. The predicted molar refractivity (Wildman–Crippen MR) is 150 cm³/mol. The fourth-order valence-electron chi connectivity index (χ4n) is 6.29. The second kappa shape index (κ2) is 13.6. The maximum absolute atomic E-state index is 14.7. The lowest BCUT2D eigenvalue weighted by molar-refractivity contribution is -0.244. The Morgan fingerprint density at radius 1 is 0.895 bits per heavy atom. The van der Waals surface area contributed by atoms with Crippen LogP contribution in [0.15, 0.2) is 67.3 Å². The molecule has 4 rings (SSSR count). The first-order chi connectivity index (χ1) is 18.4. The van der Waals surface area contributed by atoms with Crippen molar-refractivity contribution in [2.45, 2.75) is 102 Å². The van der Waals surface area contributed by atoms with Crippen LogP contribution in [0.4, 0.5) is 13.2 Å². The van der Waals surface area contributed by atoms with Gasteiger partial charge < -0.3 is 4.74 Å². The molecule has 2 fully saturated rings. The molecule has 0 N–H and O–H groups in total. The number of hydrogen-bond donors (Lipinski definition) is 0. The van der Waals surface area contributed by atoms with Crippen molar-refractivity contribution in [1.82, 2.24) is 0 Å². The van der Waals surface area contributed by atoms with Crippen LogP contribution in [0, 0.1) is 17.7 Å². The van der Waals surface area contributed by atoms with E-state index in [2.05, 4.69) is 25.7 Å². The molecule has 2 saturated carbocycles. The summed E-state index contributed by atoms with van der Waals surface area (Å²) in [6.07, 6.45) is 13.8. The summed E-state index contributed by atoms with van der Waals surface area (Å²) in [5, 5.41) is 0. The van der Waals surface area contributed by atoms with Crippen molar-refractivity contribution in [2.24, 2.45) is 11.8 Å². The lowest BCUT2D eigenvalue weighted by Crippen LogP contribution is -2.24. The van der Waals surface area contributed by atoms with Crippen LogP contribution in [-0.2, 0) is 17.8 Å². The van der Waals surface area contributed by atoms with E-state index in [1.54, 1.807) is 18.2 Å². The van der Waals surface area contributed by atoms with Crippen LogP contribution in [0.25, 0.3) is 0 Å².